The number of hydrogen-bond acceptors (Lipinski definition) is 3. The summed E-state index contributed by atoms with van der Waals surface area (Å²) in [6, 6.07) is 12.9. The molecule has 0 saturated heterocycles. The highest BCUT2D eigenvalue weighted by molar-refractivity contribution is 7.92. The van der Waals surface area contributed by atoms with Gasteiger partial charge in [0.25, 0.3) is 10.0 Å². The van der Waals surface area contributed by atoms with Crippen LogP contribution < -0.4 is 9.04 Å². The summed E-state index contributed by atoms with van der Waals surface area (Å²) in [6.45, 7) is 1.16. The first-order valence-electron chi connectivity index (χ1n) is 7.53. The third-order valence-electron chi connectivity index (χ3n) is 4.32. The van der Waals surface area contributed by atoms with E-state index < -0.39 is 10.0 Å². The van der Waals surface area contributed by atoms with E-state index >= 15 is 0 Å². The van der Waals surface area contributed by atoms with E-state index in [0.29, 0.717) is 18.0 Å². The summed E-state index contributed by atoms with van der Waals surface area (Å²) in [5, 5.41) is 0. The Morgan fingerprint density at radius 3 is 2.77 bits per heavy atom. The van der Waals surface area contributed by atoms with E-state index in [2.05, 4.69) is 0 Å². The van der Waals surface area contributed by atoms with Crippen LogP contribution in [0, 0.1) is 0 Å². The van der Waals surface area contributed by atoms with Gasteiger partial charge in [-0.15, -0.1) is 0 Å². The molecule has 0 saturated carbocycles. The van der Waals surface area contributed by atoms with Crippen LogP contribution in [0.2, 0.25) is 0 Å². The molecule has 0 amide bonds. The van der Waals surface area contributed by atoms with E-state index in [-0.39, 0.29) is 0 Å². The Bertz CT molecular complexity index is 830. The van der Waals surface area contributed by atoms with Crippen molar-refractivity contribution in [3.8, 4) is 5.75 Å². The standard InChI is InChI=1S/C17H17NO3S/c19-22(20,15-7-8-17-14(12-15)9-11-21-17)18-10-3-5-13-4-1-2-6-16(13)18/h1-2,4,6-8,12H,3,5,9-11H2. The maximum atomic E-state index is 13.0. The first kappa shape index (κ1) is 13.6. The van der Waals surface area contributed by atoms with Crippen LogP contribution in [0.4, 0.5) is 5.69 Å². The third kappa shape index (κ3) is 2.08. The highest BCUT2D eigenvalue weighted by Crippen LogP contribution is 2.34. The third-order valence-corrected chi connectivity index (χ3v) is 6.13. The van der Waals surface area contributed by atoms with Crippen LogP contribution >= 0.6 is 0 Å². The zero-order chi connectivity index (χ0) is 15.2. The molecule has 0 atom stereocenters. The molecular weight excluding hydrogens is 298 g/mol. The fraction of sp³-hybridized carbons (Fsp3) is 0.294. The van der Waals surface area contributed by atoms with E-state index in [4.69, 9.17) is 4.74 Å². The van der Waals surface area contributed by atoms with E-state index in [9.17, 15) is 8.42 Å². The van der Waals surface area contributed by atoms with E-state index in [1.807, 2.05) is 24.3 Å². The summed E-state index contributed by atoms with van der Waals surface area (Å²) in [6.07, 6.45) is 2.56. The van der Waals surface area contributed by atoms with Gasteiger partial charge in [0.1, 0.15) is 5.75 Å². The maximum absolute atomic E-state index is 13.0. The average molecular weight is 315 g/mol. The van der Waals surface area contributed by atoms with Crippen LogP contribution in [0.25, 0.3) is 0 Å². The number of sulfonamides is 1. The summed E-state index contributed by atoms with van der Waals surface area (Å²) in [5.41, 5.74) is 2.89. The average Bonchev–Trinajstić information content (AvgIpc) is 3.02. The lowest BCUT2D eigenvalue weighted by molar-refractivity contribution is 0.356. The lowest BCUT2D eigenvalue weighted by Crippen LogP contribution is -2.35. The molecule has 0 unspecified atom stereocenters. The minimum absolute atomic E-state index is 0.355. The van der Waals surface area contributed by atoms with Crippen LogP contribution in [0.3, 0.4) is 0 Å². The number of aryl methyl sites for hydroxylation is 1. The molecule has 2 aromatic carbocycles. The maximum Gasteiger partial charge on any atom is 0.264 e. The van der Waals surface area contributed by atoms with Gasteiger partial charge in [-0.05, 0) is 48.2 Å². The molecule has 2 heterocycles. The first-order valence-corrected chi connectivity index (χ1v) is 8.97. The Kier molecular flexibility index (Phi) is 3.11. The molecule has 4 nitrogen and oxygen atoms in total. The van der Waals surface area contributed by atoms with Crippen molar-refractivity contribution in [2.75, 3.05) is 17.5 Å². The topological polar surface area (TPSA) is 46.6 Å². The Hall–Kier alpha value is -2.01. The van der Waals surface area contributed by atoms with Gasteiger partial charge in [0.15, 0.2) is 0 Å². The van der Waals surface area contributed by atoms with Crippen LogP contribution in [0.5, 0.6) is 5.75 Å². The van der Waals surface area contributed by atoms with Crippen LogP contribution in [-0.4, -0.2) is 21.6 Å². The fourth-order valence-electron chi connectivity index (χ4n) is 3.20. The van der Waals surface area contributed by atoms with Crippen molar-refractivity contribution in [2.24, 2.45) is 0 Å². The van der Waals surface area contributed by atoms with Crippen molar-refractivity contribution in [3.63, 3.8) is 0 Å². The summed E-state index contributed by atoms with van der Waals surface area (Å²) >= 11 is 0. The van der Waals surface area contributed by atoms with Crippen LogP contribution in [0.15, 0.2) is 47.4 Å². The lowest BCUT2D eigenvalue weighted by atomic mass is 10.0. The SMILES string of the molecule is O=S(=O)(c1ccc2c(c1)CCO2)N1CCCc2ccccc21. The Morgan fingerprint density at radius 1 is 1.00 bits per heavy atom. The molecule has 0 aliphatic carbocycles. The lowest BCUT2D eigenvalue weighted by Gasteiger charge is -2.30. The number of hydrogen-bond donors (Lipinski definition) is 0. The largest absolute Gasteiger partial charge is 0.493 e. The van der Waals surface area contributed by atoms with Gasteiger partial charge in [-0.1, -0.05) is 18.2 Å². The quantitative estimate of drug-likeness (QED) is 0.856. The molecule has 0 aromatic heterocycles. The van der Waals surface area contributed by atoms with Gasteiger partial charge >= 0.3 is 0 Å². The monoisotopic (exact) mass is 315 g/mol. The molecule has 114 valence electrons. The van der Waals surface area contributed by atoms with Crippen LogP contribution in [-0.2, 0) is 22.9 Å². The number of nitrogens with zero attached hydrogens (tertiary/aromatic N) is 1. The van der Waals surface area contributed by atoms with E-state index in [1.165, 1.54) is 0 Å². The predicted octanol–water partition coefficient (Wildman–Crippen LogP) is 2.76. The molecule has 0 spiro atoms. The second kappa shape index (κ2) is 5.02. The molecule has 0 fully saturated rings. The molecule has 2 aromatic rings. The number of ether oxygens (including phenoxy) is 1. The molecule has 2 aliphatic heterocycles. The van der Waals surface area contributed by atoms with Crippen molar-refractivity contribution >= 4 is 15.7 Å². The second-order valence-corrected chi connectivity index (χ2v) is 7.54. The second-order valence-electron chi connectivity index (χ2n) is 5.68. The summed E-state index contributed by atoms with van der Waals surface area (Å²) in [4.78, 5) is 0.355. The van der Waals surface area contributed by atoms with Gasteiger partial charge in [0.05, 0.1) is 17.2 Å². The minimum Gasteiger partial charge on any atom is -0.493 e. The number of fused-ring (bicyclic) bond motifs is 2. The van der Waals surface area contributed by atoms with Gasteiger partial charge in [-0.25, -0.2) is 8.42 Å². The Labute approximate surface area is 130 Å². The van der Waals surface area contributed by atoms with Crippen molar-refractivity contribution in [1.29, 1.82) is 0 Å². The van der Waals surface area contributed by atoms with Crippen molar-refractivity contribution < 1.29 is 13.2 Å². The van der Waals surface area contributed by atoms with Crippen molar-refractivity contribution in [3.05, 3.63) is 53.6 Å². The number of rotatable bonds is 2. The molecular formula is C17H17NO3S. The minimum atomic E-state index is -3.52. The predicted molar refractivity (Wildman–Crippen MR) is 84.9 cm³/mol. The molecule has 2 aliphatic rings. The smallest absolute Gasteiger partial charge is 0.264 e. The van der Waals surface area contributed by atoms with Gasteiger partial charge in [0.2, 0.25) is 0 Å². The zero-order valence-electron chi connectivity index (χ0n) is 12.2. The van der Waals surface area contributed by atoms with Gasteiger partial charge < -0.3 is 4.74 Å². The molecule has 22 heavy (non-hydrogen) atoms. The summed E-state index contributed by atoms with van der Waals surface area (Å²) in [5.74, 6) is 0.804. The number of para-hydroxylation sites is 1. The Morgan fingerprint density at radius 2 is 1.86 bits per heavy atom. The van der Waals surface area contributed by atoms with Gasteiger partial charge in [-0.2, -0.15) is 0 Å². The number of anilines is 1. The molecule has 0 N–H and O–H groups in total. The highest BCUT2D eigenvalue weighted by Gasteiger charge is 2.29. The molecule has 4 rings (SSSR count). The molecule has 0 bridgehead atoms. The fourth-order valence-corrected chi connectivity index (χ4v) is 4.79. The molecule has 5 heteroatoms. The van der Waals surface area contributed by atoms with Crippen molar-refractivity contribution in [2.45, 2.75) is 24.2 Å². The molecule has 0 radical (unpaired) electrons. The summed E-state index contributed by atoms with van der Waals surface area (Å²) < 4.78 is 33.1. The highest BCUT2D eigenvalue weighted by atomic mass is 32.2. The Balaban J connectivity index is 1.79. The first-order chi connectivity index (χ1) is 10.7. The zero-order valence-corrected chi connectivity index (χ0v) is 13.0. The summed E-state index contributed by atoms with van der Waals surface area (Å²) in [7, 11) is -3.52. The van der Waals surface area contributed by atoms with Gasteiger partial charge in [-0.3, -0.25) is 4.31 Å². The normalized spacial score (nSPS) is 16.8. The van der Waals surface area contributed by atoms with Crippen molar-refractivity contribution in [1.82, 2.24) is 0 Å². The number of benzene rings is 2. The van der Waals surface area contributed by atoms with Crippen LogP contribution in [0.1, 0.15) is 17.5 Å². The van der Waals surface area contributed by atoms with Gasteiger partial charge in [0, 0.05) is 13.0 Å². The van der Waals surface area contributed by atoms with E-state index in [1.54, 1.807) is 22.5 Å². The van der Waals surface area contributed by atoms with E-state index in [0.717, 1.165) is 41.8 Å².